The second-order valence-electron chi connectivity index (χ2n) is 36.9. The summed E-state index contributed by atoms with van der Waals surface area (Å²) in [5.74, 6) is -8.21. The molecule has 0 bridgehead atoms. The first-order valence-corrected chi connectivity index (χ1v) is 48.3. The minimum atomic E-state index is -4.59. The summed E-state index contributed by atoms with van der Waals surface area (Å²) in [5, 5.41) is 18.7. The zero-order valence-corrected chi connectivity index (χ0v) is 79.5. The molecule has 12 aromatic carbocycles. The molecule has 6 amide bonds. The highest BCUT2D eigenvalue weighted by atomic mass is 32.2. The van der Waals surface area contributed by atoms with Crippen molar-refractivity contribution in [3.8, 4) is 0 Å². The third kappa shape index (κ3) is 23.3. The SMILES string of the molecule is CSF.Cc1ccc(NC(=O)[C@@H]2Cc3ccccc3N(C(=O)c3c(C)cccc3F)[C@@H]2c2ccc(NC3CCCC3)cc2)cc1C(F)(F)F.Cc1ccc(NC(=O)[C@H]2Cc3ccccc3N(C(=O)c3c(C)cccc3F)[C@H]2c2ccc(NC3CCCC3)cc2)cc1C(F)(F)F.Cc1ccc(NC(=O)[C@H]2Cc3ccccc3N(C(=O)c3c(C)cccc3F)[C@H]2c2ccc(NC3CCCC3)cc2)cc1C(F)(F)F. The number of rotatable bonds is 18. The molecule has 0 aromatic heterocycles. The summed E-state index contributed by atoms with van der Waals surface area (Å²) >= 11 is 0.250. The maximum absolute atomic E-state index is 15.3. The van der Waals surface area contributed by atoms with Crippen molar-refractivity contribution < 1.29 is 85.3 Å². The zero-order chi connectivity index (χ0) is 100. The Morgan fingerprint density at radius 3 is 0.752 bits per heavy atom. The van der Waals surface area contributed by atoms with Crippen LogP contribution in [0, 0.1) is 76.7 Å². The Morgan fingerprint density at radius 1 is 0.298 bits per heavy atom. The van der Waals surface area contributed by atoms with E-state index in [-0.39, 0.29) is 81.9 Å². The van der Waals surface area contributed by atoms with Crippen LogP contribution in [0.3, 0.4) is 0 Å². The van der Waals surface area contributed by atoms with Gasteiger partial charge >= 0.3 is 18.5 Å². The molecule has 0 saturated heterocycles. The van der Waals surface area contributed by atoms with E-state index in [0.717, 1.165) is 73.8 Å². The van der Waals surface area contributed by atoms with Crippen LogP contribution in [0.5, 0.6) is 0 Å². The molecular weight excluding hydrogens is 1850 g/mol. The maximum atomic E-state index is 15.3. The van der Waals surface area contributed by atoms with Gasteiger partial charge in [0.2, 0.25) is 17.7 Å². The van der Waals surface area contributed by atoms with Crippen molar-refractivity contribution >= 4 is 98.8 Å². The number of anilines is 9. The molecule has 6 aliphatic rings. The van der Waals surface area contributed by atoms with E-state index in [2.05, 4.69) is 31.9 Å². The van der Waals surface area contributed by atoms with E-state index in [0.29, 0.717) is 85.3 Å². The smallest absolute Gasteiger partial charge is 0.382 e. The van der Waals surface area contributed by atoms with Gasteiger partial charge in [0.15, 0.2) is 0 Å². The molecular formula is C112H108F13N9O6S. The van der Waals surface area contributed by atoms with Crippen molar-refractivity contribution in [1.29, 1.82) is 0 Å². The molecule has 3 fully saturated rings. The number of benzene rings is 12. The minimum absolute atomic E-state index is 0.000491. The Balaban J connectivity index is 0.000000157. The van der Waals surface area contributed by atoms with Crippen molar-refractivity contribution in [2.24, 2.45) is 17.8 Å². The van der Waals surface area contributed by atoms with Crippen LogP contribution in [0.2, 0.25) is 0 Å². The normalized spacial score (nSPS) is 18.0. The predicted octanol–water partition coefficient (Wildman–Crippen LogP) is 28.3. The summed E-state index contributed by atoms with van der Waals surface area (Å²) in [6.45, 7) is 9.06. The Kier molecular flexibility index (Phi) is 31.7. The number of hydrogen-bond acceptors (Lipinski definition) is 10. The van der Waals surface area contributed by atoms with Crippen molar-refractivity contribution in [1.82, 2.24) is 0 Å². The van der Waals surface area contributed by atoms with Gasteiger partial charge in [-0.05, 0) is 275 Å². The number of para-hydroxylation sites is 3. The van der Waals surface area contributed by atoms with Crippen LogP contribution < -0.4 is 46.6 Å². The third-order valence-electron chi connectivity index (χ3n) is 27.4. The number of alkyl halides is 9. The van der Waals surface area contributed by atoms with Gasteiger partial charge in [-0.25, -0.2) is 13.2 Å². The second kappa shape index (κ2) is 44.0. The van der Waals surface area contributed by atoms with E-state index >= 15 is 13.2 Å². The van der Waals surface area contributed by atoms with Crippen LogP contribution in [0.25, 0.3) is 0 Å². The molecule has 15 nitrogen and oxygen atoms in total. The monoisotopic (exact) mass is 1950 g/mol. The summed E-state index contributed by atoms with van der Waals surface area (Å²) in [6.07, 6.45) is 1.80. The number of halogens is 13. The van der Waals surface area contributed by atoms with Gasteiger partial charge in [0.05, 0.1) is 69.3 Å². The second-order valence-corrected chi connectivity index (χ2v) is 37.2. The molecule has 18 rings (SSSR count). The summed E-state index contributed by atoms with van der Waals surface area (Å²) in [4.78, 5) is 90.1. The van der Waals surface area contributed by atoms with Gasteiger partial charge in [-0.15, -0.1) is 0 Å². The van der Waals surface area contributed by atoms with Crippen molar-refractivity contribution in [2.45, 2.75) is 193 Å². The molecule has 3 saturated carbocycles. The van der Waals surface area contributed by atoms with Gasteiger partial charge in [0.25, 0.3) is 17.7 Å². The molecule has 12 aromatic rings. The molecule has 3 aliphatic heterocycles. The van der Waals surface area contributed by atoms with E-state index in [9.17, 15) is 72.2 Å². The highest BCUT2D eigenvalue weighted by molar-refractivity contribution is 7.93. The molecule has 6 atom stereocenters. The Labute approximate surface area is 815 Å². The van der Waals surface area contributed by atoms with Gasteiger partial charge in [0, 0.05) is 87.7 Å². The van der Waals surface area contributed by atoms with Crippen molar-refractivity contribution in [2.75, 3.05) is 52.9 Å². The quantitative estimate of drug-likeness (QED) is 0.0452. The maximum Gasteiger partial charge on any atom is 0.416 e. The summed E-state index contributed by atoms with van der Waals surface area (Å²) < 4.78 is 179. The fraction of sp³-hybridized carbons (Fsp3) is 0.304. The molecule has 0 unspecified atom stereocenters. The number of nitrogens with zero attached hydrogens (tertiary/aromatic N) is 3. The van der Waals surface area contributed by atoms with Crippen LogP contribution in [0.4, 0.5) is 108 Å². The number of carbonyl (C=O) groups is 6. The van der Waals surface area contributed by atoms with Crippen LogP contribution >= 0.6 is 12.1 Å². The number of aryl methyl sites for hydroxylation is 6. The molecule has 0 spiro atoms. The lowest BCUT2D eigenvalue weighted by molar-refractivity contribution is -0.138. The summed E-state index contributed by atoms with van der Waals surface area (Å²) in [7, 11) is 0. The standard InChI is InChI=1S/3C37H35F4N3O2.CH3FS/c3*1-22-14-17-28(21-30(22)37(39,40)41)43-35(45)29-20-25-9-3-6-13-32(25)44(36(46)33-23(2)8-7-12-31(33)38)34(29)24-15-18-27(19-16-24)42-26-10-4-5-11-26;1-3-2/h3*3,6-9,12-19,21,26,29,34,42H,4-5,10-11,20H2,1-2H3,(H,43,45);1H3/t3*29-,34-;/m100./s1. The predicted molar refractivity (Wildman–Crippen MR) is 529 cm³/mol. The molecule has 141 heavy (non-hydrogen) atoms. The Hall–Kier alpha value is -13.7. The van der Waals surface area contributed by atoms with Crippen LogP contribution in [-0.4, -0.2) is 59.8 Å². The molecule has 0 radical (unpaired) electrons. The number of fused-ring (bicyclic) bond motifs is 3. The van der Waals surface area contributed by atoms with E-state index < -0.39 is 124 Å². The summed E-state index contributed by atoms with van der Waals surface area (Å²) in [5.41, 5.74) is 7.05. The highest BCUT2D eigenvalue weighted by Gasteiger charge is 2.49. The number of carbonyl (C=O) groups excluding carboxylic acids is 6. The zero-order valence-electron chi connectivity index (χ0n) is 78.7. The number of hydrogen-bond donors (Lipinski definition) is 6. The van der Waals surface area contributed by atoms with Gasteiger partial charge in [0.1, 0.15) is 17.5 Å². The molecule has 6 N–H and O–H groups in total. The fourth-order valence-corrected chi connectivity index (χ4v) is 20.4. The summed E-state index contributed by atoms with van der Waals surface area (Å²) in [6, 6.07) is 66.9. The molecule has 734 valence electrons. The first-order valence-electron chi connectivity index (χ1n) is 47.1. The lowest BCUT2D eigenvalue weighted by atomic mass is 9.80. The average molecular weight is 1960 g/mol. The van der Waals surface area contributed by atoms with E-state index in [1.165, 1.54) is 153 Å². The van der Waals surface area contributed by atoms with Crippen LogP contribution in [0.1, 0.15) is 210 Å². The van der Waals surface area contributed by atoms with E-state index in [1.807, 2.05) is 91.0 Å². The Morgan fingerprint density at radius 2 is 0.525 bits per heavy atom. The lowest BCUT2D eigenvalue weighted by Gasteiger charge is -2.42. The lowest BCUT2D eigenvalue weighted by Crippen LogP contribution is -2.47. The van der Waals surface area contributed by atoms with Crippen LogP contribution in [-0.2, 0) is 52.2 Å². The van der Waals surface area contributed by atoms with Gasteiger partial charge < -0.3 is 31.9 Å². The van der Waals surface area contributed by atoms with Crippen molar-refractivity contribution in [3.63, 3.8) is 0 Å². The fourth-order valence-electron chi connectivity index (χ4n) is 20.4. The minimum Gasteiger partial charge on any atom is -0.382 e. The van der Waals surface area contributed by atoms with Gasteiger partial charge in [-0.2, -0.15) is 43.4 Å². The van der Waals surface area contributed by atoms with E-state index in [1.54, 1.807) is 93.6 Å². The van der Waals surface area contributed by atoms with E-state index in [4.69, 9.17) is 0 Å². The molecule has 3 heterocycles. The van der Waals surface area contributed by atoms with Gasteiger partial charge in [-0.1, -0.05) is 184 Å². The topological polar surface area (TPSA) is 184 Å². The Bertz CT molecular complexity index is 5880. The first-order chi connectivity index (χ1) is 67.4. The van der Waals surface area contributed by atoms with Crippen LogP contribution in [0.15, 0.2) is 255 Å². The number of nitrogens with one attached hydrogen (secondary N) is 6. The largest absolute Gasteiger partial charge is 0.416 e. The van der Waals surface area contributed by atoms with Gasteiger partial charge in [-0.3, -0.25) is 43.5 Å². The molecule has 29 heteroatoms. The van der Waals surface area contributed by atoms with Crippen molar-refractivity contribution in [3.05, 3.63) is 372 Å². The average Bonchev–Trinajstić information content (AvgIpc) is 1.13. The first kappa shape index (κ1) is 102. The third-order valence-corrected chi connectivity index (χ3v) is 27.4. The number of amides is 6. The molecule has 3 aliphatic carbocycles. The highest BCUT2D eigenvalue weighted by Crippen LogP contribution is 2.50.